The van der Waals surface area contributed by atoms with Crippen molar-refractivity contribution in [2.75, 3.05) is 0 Å². The highest BCUT2D eigenvalue weighted by Gasteiger charge is 2.09. The molecular weight excluding hydrogens is 232 g/mol. The molecule has 0 fully saturated rings. The van der Waals surface area contributed by atoms with E-state index in [0.29, 0.717) is 0 Å². The Kier molecular flexibility index (Phi) is 2.96. The van der Waals surface area contributed by atoms with Crippen molar-refractivity contribution >= 4 is 0 Å². The third-order valence-corrected chi connectivity index (χ3v) is 3.25. The second kappa shape index (κ2) is 4.77. The van der Waals surface area contributed by atoms with Crippen molar-refractivity contribution in [3.05, 3.63) is 72.0 Å². The molecule has 0 bridgehead atoms. The van der Waals surface area contributed by atoms with Crippen LogP contribution in [0.2, 0.25) is 0 Å². The van der Waals surface area contributed by atoms with Crippen LogP contribution in [0.3, 0.4) is 0 Å². The molecule has 1 nitrogen and oxygen atoms in total. The van der Waals surface area contributed by atoms with Crippen molar-refractivity contribution in [2.24, 2.45) is 0 Å². The lowest BCUT2D eigenvalue weighted by molar-refractivity contribution is 0.582. The molecule has 19 heavy (non-hydrogen) atoms. The third-order valence-electron chi connectivity index (χ3n) is 3.25. The van der Waals surface area contributed by atoms with Crippen LogP contribution in [-0.4, -0.2) is 0 Å². The fraction of sp³-hybridized carbons (Fsp3) is 0.111. The van der Waals surface area contributed by atoms with Gasteiger partial charge in [0.1, 0.15) is 5.76 Å². The summed E-state index contributed by atoms with van der Waals surface area (Å²) < 4.78 is 5.54. The first-order valence-corrected chi connectivity index (χ1v) is 6.45. The van der Waals surface area contributed by atoms with Crippen molar-refractivity contribution in [1.29, 1.82) is 0 Å². The highest BCUT2D eigenvalue weighted by molar-refractivity contribution is 5.81. The summed E-state index contributed by atoms with van der Waals surface area (Å²) in [6.45, 7) is 4.26. The summed E-state index contributed by atoms with van der Waals surface area (Å²) >= 11 is 0. The predicted octanol–water partition coefficient (Wildman–Crippen LogP) is 5.23. The molecule has 0 aliphatic heterocycles. The van der Waals surface area contributed by atoms with E-state index in [1.165, 1.54) is 22.3 Å². The third kappa shape index (κ3) is 2.32. The van der Waals surface area contributed by atoms with E-state index in [9.17, 15) is 0 Å². The van der Waals surface area contributed by atoms with E-state index in [1.807, 2.05) is 18.2 Å². The maximum Gasteiger partial charge on any atom is 0.134 e. The second-order valence-corrected chi connectivity index (χ2v) is 4.90. The Bertz CT molecular complexity index is 673. The van der Waals surface area contributed by atoms with Gasteiger partial charge in [-0.25, -0.2) is 0 Å². The summed E-state index contributed by atoms with van der Waals surface area (Å²) in [5.41, 5.74) is 6.15. The summed E-state index contributed by atoms with van der Waals surface area (Å²) in [5, 5.41) is 0. The van der Waals surface area contributed by atoms with Crippen molar-refractivity contribution in [1.82, 2.24) is 0 Å². The Morgan fingerprint density at radius 2 is 1.42 bits per heavy atom. The summed E-state index contributed by atoms with van der Waals surface area (Å²) in [5.74, 6) is 0.912. The molecule has 0 unspecified atom stereocenters. The van der Waals surface area contributed by atoms with E-state index in [2.05, 4.69) is 50.2 Å². The minimum atomic E-state index is 0.912. The fourth-order valence-corrected chi connectivity index (χ4v) is 2.51. The molecule has 1 heteroatoms. The largest absolute Gasteiger partial charge is 0.464 e. The SMILES string of the molecule is Cc1cc(C)cc(-c2ccccc2-c2ccco2)c1. The van der Waals surface area contributed by atoms with Crippen LogP contribution in [0.1, 0.15) is 11.1 Å². The predicted molar refractivity (Wildman–Crippen MR) is 79.1 cm³/mol. The summed E-state index contributed by atoms with van der Waals surface area (Å²) in [4.78, 5) is 0. The minimum Gasteiger partial charge on any atom is -0.464 e. The average molecular weight is 248 g/mol. The van der Waals surface area contributed by atoms with Gasteiger partial charge in [0.2, 0.25) is 0 Å². The number of furan rings is 1. The second-order valence-electron chi connectivity index (χ2n) is 4.90. The normalized spacial score (nSPS) is 10.6. The van der Waals surface area contributed by atoms with E-state index in [0.717, 1.165) is 11.3 Å². The van der Waals surface area contributed by atoms with Gasteiger partial charge in [-0.2, -0.15) is 0 Å². The minimum absolute atomic E-state index is 0.912. The van der Waals surface area contributed by atoms with E-state index in [-0.39, 0.29) is 0 Å². The van der Waals surface area contributed by atoms with E-state index >= 15 is 0 Å². The molecular formula is C18H16O. The van der Waals surface area contributed by atoms with Gasteiger partial charge in [-0.05, 0) is 37.1 Å². The van der Waals surface area contributed by atoms with Gasteiger partial charge in [-0.3, -0.25) is 0 Å². The van der Waals surface area contributed by atoms with Crippen LogP contribution in [0.5, 0.6) is 0 Å². The first-order valence-electron chi connectivity index (χ1n) is 6.45. The number of rotatable bonds is 2. The maximum atomic E-state index is 5.54. The molecule has 0 amide bonds. The Morgan fingerprint density at radius 1 is 0.737 bits per heavy atom. The van der Waals surface area contributed by atoms with Crippen LogP contribution in [0.15, 0.2) is 65.3 Å². The summed E-state index contributed by atoms with van der Waals surface area (Å²) in [7, 11) is 0. The molecule has 0 aliphatic rings. The van der Waals surface area contributed by atoms with Gasteiger partial charge in [0, 0.05) is 5.56 Å². The molecule has 1 heterocycles. The van der Waals surface area contributed by atoms with Crippen molar-refractivity contribution in [3.63, 3.8) is 0 Å². The van der Waals surface area contributed by atoms with Crippen molar-refractivity contribution in [3.8, 4) is 22.5 Å². The topological polar surface area (TPSA) is 13.1 Å². The first kappa shape index (κ1) is 11.8. The van der Waals surface area contributed by atoms with E-state index in [1.54, 1.807) is 6.26 Å². The van der Waals surface area contributed by atoms with E-state index < -0.39 is 0 Å². The van der Waals surface area contributed by atoms with Crippen LogP contribution in [-0.2, 0) is 0 Å². The van der Waals surface area contributed by atoms with Gasteiger partial charge in [-0.1, -0.05) is 53.6 Å². The lowest BCUT2D eigenvalue weighted by atomic mass is 9.95. The molecule has 0 saturated carbocycles. The molecule has 0 atom stereocenters. The standard InChI is InChI=1S/C18H16O/c1-13-10-14(2)12-15(11-13)16-6-3-4-7-17(16)18-8-5-9-19-18/h3-12H,1-2H3. The molecule has 1 aromatic heterocycles. The molecule has 3 rings (SSSR count). The van der Waals surface area contributed by atoms with Gasteiger partial charge in [-0.15, -0.1) is 0 Å². The van der Waals surface area contributed by atoms with Gasteiger partial charge in [0.15, 0.2) is 0 Å². The number of benzene rings is 2. The van der Waals surface area contributed by atoms with Crippen LogP contribution >= 0.6 is 0 Å². The highest BCUT2D eigenvalue weighted by Crippen LogP contribution is 2.33. The summed E-state index contributed by atoms with van der Waals surface area (Å²) in [6, 6.07) is 18.9. The number of hydrogen-bond donors (Lipinski definition) is 0. The lowest BCUT2D eigenvalue weighted by Crippen LogP contribution is -1.86. The van der Waals surface area contributed by atoms with Crippen molar-refractivity contribution < 1.29 is 4.42 Å². The van der Waals surface area contributed by atoms with Crippen LogP contribution < -0.4 is 0 Å². The number of hydrogen-bond acceptors (Lipinski definition) is 1. The van der Waals surface area contributed by atoms with Gasteiger partial charge < -0.3 is 4.42 Å². The molecule has 0 N–H and O–H groups in total. The molecule has 3 aromatic rings. The average Bonchev–Trinajstić information content (AvgIpc) is 2.91. The Balaban J connectivity index is 2.20. The van der Waals surface area contributed by atoms with Crippen LogP contribution in [0, 0.1) is 13.8 Å². The number of aryl methyl sites for hydroxylation is 2. The highest BCUT2D eigenvalue weighted by atomic mass is 16.3. The Morgan fingerprint density at radius 3 is 2.05 bits per heavy atom. The lowest BCUT2D eigenvalue weighted by Gasteiger charge is -2.09. The zero-order chi connectivity index (χ0) is 13.2. The monoisotopic (exact) mass is 248 g/mol. The molecule has 2 aromatic carbocycles. The zero-order valence-electron chi connectivity index (χ0n) is 11.2. The van der Waals surface area contributed by atoms with Gasteiger partial charge >= 0.3 is 0 Å². The van der Waals surface area contributed by atoms with E-state index in [4.69, 9.17) is 4.42 Å². The van der Waals surface area contributed by atoms with Crippen molar-refractivity contribution in [2.45, 2.75) is 13.8 Å². The fourth-order valence-electron chi connectivity index (χ4n) is 2.51. The summed E-state index contributed by atoms with van der Waals surface area (Å²) in [6.07, 6.45) is 1.72. The van der Waals surface area contributed by atoms with Gasteiger partial charge in [0.05, 0.1) is 6.26 Å². The van der Waals surface area contributed by atoms with Crippen LogP contribution in [0.25, 0.3) is 22.5 Å². The first-order chi connectivity index (χ1) is 9.24. The Labute approximate surface area is 113 Å². The zero-order valence-corrected chi connectivity index (χ0v) is 11.2. The quantitative estimate of drug-likeness (QED) is 0.605. The Hall–Kier alpha value is -2.28. The van der Waals surface area contributed by atoms with Gasteiger partial charge in [0.25, 0.3) is 0 Å². The molecule has 0 spiro atoms. The molecule has 0 radical (unpaired) electrons. The van der Waals surface area contributed by atoms with Crippen LogP contribution in [0.4, 0.5) is 0 Å². The smallest absolute Gasteiger partial charge is 0.134 e. The molecule has 94 valence electrons. The maximum absolute atomic E-state index is 5.54. The molecule has 0 saturated heterocycles. The molecule has 0 aliphatic carbocycles.